The lowest BCUT2D eigenvalue weighted by Crippen LogP contribution is -2.45. The third kappa shape index (κ3) is 8.00. The fraction of sp³-hybridized carbons (Fsp3) is 0.471. The Morgan fingerprint density at radius 1 is 1.32 bits per heavy atom. The van der Waals surface area contributed by atoms with E-state index in [0.29, 0.717) is 11.3 Å². The Hall–Kier alpha value is -2.54. The first-order valence-corrected chi connectivity index (χ1v) is 9.20. The van der Waals surface area contributed by atoms with Crippen molar-refractivity contribution in [2.24, 2.45) is 10.5 Å². The van der Waals surface area contributed by atoms with Crippen LogP contribution in [0.1, 0.15) is 25.8 Å². The van der Waals surface area contributed by atoms with E-state index in [1.807, 2.05) is 13.8 Å². The number of nitrogens with one attached hydrogen (secondary N) is 1. The first-order valence-electron chi connectivity index (χ1n) is 8.16. The van der Waals surface area contributed by atoms with Crippen molar-refractivity contribution in [3.63, 3.8) is 0 Å². The van der Waals surface area contributed by atoms with Gasteiger partial charge in [-0.2, -0.15) is 30.5 Å². The van der Waals surface area contributed by atoms with E-state index in [9.17, 15) is 9.59 Å². The number of thiol groups is 2. The molecule has 0 aliphatic heterocycles. The maximum Gasteiger partial charge on any atom is 0.408 e. The molecule has 0 aliphatic carbocycles. The van der Waals surface area contributed by atoms with Crippen LogP contribution in [0.5, 0.6) is 0 Å². The van der Waals surface area contributed by atoms with Gasteiger partial charge in [-0.15, -0.1) is 0 Å². The van der Waals surface area contributed by atoms with Crippen LogP contribution in [0.2, 0.25) is 0 Å². The molecule has 1 rings (SSSR count). The van der Waals surface area contributed by atoms with Crippen molar-refractivity contribution in [1.29, 1.82) is 5.26 Å². The lowest BCUT2D eigenvalue weighted by atomic mass is 9.87. The number of rotatable bonds is 9. The van der Waals surface area contributed by atoms with E-state index in [1.54, 1.807) is 30.3 Å². The van der Waals surface area contributed by atoms with Gasteiger partial charge in [-0.05, 0) is 22.9 Å². The third-order valence-corrected chi connectivity index (χ3v) is 5.15. The minimum absolute atomic E-state index is 0.0481. The standard InChI is InChI=1S/C17H21N5O4S2/c1-17(2,15(27)28)9-13(14(23)25-8-7-18)20-16(24)26-10-11-3-5-12(6-4-11)21-22-19/h3-6,13,15,27-28H,8-10H2,1-2H3,(H,20,24)/t13-/m1/s1. The van der Waals surface area contributed by atoms with Gasteiger partial charge < -0.3 is 14.8 Å². The van der Waals surface area contributed by atoms with Gasteiger partial charge in [-0.25, -0.2) is 9.59 Å². The molecule has 1 amide bonds. The van der Waals surface area contributed by atoms with E-state index in [2.05, 4.69) is 40.6 Å². The van der Waals surface area contributed by atoms with Crippen molar-refractivity contribution in [2.75, 3.05) is 6.61 Å². The highest BCUT2D eigenvalue weighted by Gasteiger charge is 2.33. The number of ether oxygens (including phenoxy) is 2. The number of nitrogens with zero attached hydrogens (tertiary/aromatic N) is 4. The molecule has 9 nitrogen and oxygen atoms in total. The smallest absolute Gasteiger partial charge is 0.408 e. The van der Waals surface area contributed by atoms with Crippen LogP contribution in [-0.2, 0) is 20.9 Å². The summed E-state index contributed by atoms with van der Waals surface area (Å²) in [5.74, 6) is -0.743. The summed E-state index contributed by atoms with van der Waals surface area (Å²) in [6, 6.07) is 7.14. The molecule has 1 atom stereocenters. The van der Waals surface area contributed by atoms with Crippen LogP contribution < -0.4 is 5.32 Å². The predicted molar refractivity (Wildman–Crippen MR) is 109 cm³/mol. The molecule has 0 aliphatic rings. The summed E-state index contributed by atoms with van der Waals surface area (Å²) in [6.45, 7) is 3.20. The highest BCUT2D eigenvalue weighted by molar-refractivity contribution is 7.99. The highest BCUT2D eigenvalue weighted by atomic mass is 32.2. The zero-order valence-corrected chi connectivity index (χ0v) is 17.2. The number of hydrogen-bond acceptors (Lipinski definition) is 8. The first-order chi connectivity index (χ1) is 13.2. The van der Waals surface area contributed by atoms with E-state index in [0.717, 1.165) is 0 Å². The Balaban J connectivity index is 2.72. The zero-order valence-electron chi connectivity index (χ0n) is 15.4. The molecule has 150 valence electrons. The normalized spacial score (nSPS) is 11.7. The minimum Gasteiger partial charge on any atom is -0.449 e. The van der Waals surface area contributed by atoms with E-state index in [-0.39, 0.29) is 17.6 Å². The molecule has 1 aromatic carbocycles. The Kier molecular flexibility index (Phi) is 9.51. The molecule has 0 fully saturated rings. The van der Waals surface area contributed by atoms with Crippen LogP contribution in [0.3, 0.4) is 0 Å². The Labute approximate surface area is 173 Å². The summed E-state index contributed by atoms with van der Waals surface area (Å²) in [7, 11) is 0. The van der Waals surface area contributed by atoms with Crippen LogP contribution in [0, 0.1) is 16.7 Å². The van der Waals surface area contributed by atoms with E-state index < -0.39 is 30.1 Å². The second-order valence-corrected chi connectivity index (χ2v) is 7.90. The van der Waals surface area contributed by atoms with Gasteiger partial charge in [0.05, 0.1) is 0 Å². The van der Waals surface area contributed by atoms with Crippen LogP contribution in [-0.4, -0.2) is 29.3 Å². The van der Waals surface area contributed by atoms with Crippen LogP contribution in [0.4, 0.5) is 10.5 Å². The average molecular weight is 424 g/mol. The maximum atomic E-state index is 12.2. The Morgan fingerprint density at radius 3 is 2.50 bits per heavy atom. The number of esters is 1. The number of alkyl carbamates (subject to hydrolysis) is 1. The molecular formula is C17H21N5O4S2. The topological polar surface area (TPSA) is 137 Å². The number of nitriles is 1. The molecule has 1 aromatic rings. The molecule has 28 heavy (non-hydrogen) atoms. The number of carbonyl (C=O) groups excluding carboxylic acids is 2. The summed E-state index contributed by atoms with van der Waals surface area (Å²) in [5.41, 5.74) is 8.96. The second kappa shape index (κ2) is 11.3. The van der Waals surface area contributed by atoms with Crippen molar-refractivity contribution in [3.05, 3.63) is 40.3 Å². The molecule has 0 spiro atoms. The fourth-order valence-corrected chi connectivity index (χ4v) is 2.28. The molecule has 1 N–H and O–H groups in total. The third-order valence-electron chi connectivity index (χ3n) is 3.75. The molecule has 0 bridgehead atoms. The van der Waals surface area contributed by atoms with Gasteiger partial charge in [0, 0.05) is 15.2 Å². The SMILES string of the molecule is CC(C)(C[C@@H](NC(=O)OCc1ccc(N=[N+]=[N-])cc1)C(=O)OCC#N)C(S)S. The fourth-order valence-electron chi connectivity index (χ4n) is 2.07. The van der Waals surface area contributed by atoms with Gasteiger partial charge in [-0.3, -0.25) is 0 Å². The predicted octanol–water partition coefficient (Wildman–Crippen LogP) is 3.89. The average Bonchev–Trinajstić information content (AvgIpc) is 2.65. The number of azide groups is 1. The van der Waals surface area contributed by atoms with Gasteiger partial charge >= 0.3 is 12.1 Å². The van der Waals surface area contributed by atoms with Crippen molar-refractivity contribution in [3.8, 4) is 6.07 Å². The summed E-state index contributed by atoms with van der Waals surface area (Å²) in [5, 5.41) is 14.5. The van der Waals surface area contributed by atoms with Crippen LogP contribution >= 0.6 is 25.3 Å². The molecule has 0 saturated carbocycles. The van der Waals surface area contributed by atoms with Crippen molar-refractivity contribution in [1.82, 2.24) is 5.32 Å². The first kappa shape index (κ1) is 23.5. The summed E-state index contributed by atoms with van der Waals surface area (Å²) in [6.07, 6.45) is -0.631. The molecule has 0 heterocycles. The van der Waals surface area contributed by atoms with Gasteiger partial charge in [0.25, 0.3) is 0 Å². The molecule has 11 heteroatoms. The van der Waals surface area contributed by atoms with Gasteiger partial charge in [0.15, 0.2) is 6.61 Å². The molecular weight excluding hydrogens is 402 g/mol. The molecule has 0 radical (unpaired) electrons. The van der Waals surface area contributed by atoms with Gasteiger partial charge in [0.1, 0.15) is 18.7 Å². The summed E-state index contributed by atoms with van der Waals surface area (Å²) < 4.78 is 9.59. The highest BCUT2D eigenvalue weighted by Crippen LogP contribution is 2.33. The van der Waals surface area contributed by atoms with Crippen LogP contribution in [0.25, 0.3) is 10.4 Å². The Morgan fingerprint density at radius 2 is 1.96 bits per heavy atom. The van der Waals surface area contributed by atoms with Gasteiger partial charge in [-0.1, -0.05) is 43.2 Å². The quantitative estimate of drug-likeness (QED) is 0.138. The molecule has 0 unspecified atom stereocenters. The van der Waals surface area contributed by atoms with Crippen molar-refractivity contribution in [2.45, 2.75) is 37.5 Å². The monoisotopic (exact) mass is 423 g/mol. The number of hydrogen-bond donors (Lipinski definition) is 3. The second-order valence-electron chi connectivity index (χ2n) is 6.46. The number of amides is 1. The zero-order chi connectivity index (χ0) is 21.2. The summed E-state index contributed by atoms with van der Waals surface area (Å²) in [4.78, 5) is 27.0. The molecule has 0 saturated heterocycles. The minimum atomic E-state index is -1.02. The van der Waals surface area contributed by atoms with Crippen molar-refractivity contribution >= 4 is 43.0 Å². The number of carbonyl (C=O) groups is 2. The van der Waals surface area contributed by atoms with E-state index >= 15 is 0 Å². The van der Waals surface area contributed by atoms with E-state index in [4.69, 9.17) is 20.3 Å². The lowest BCUT2D eigenvalue weighted by molar-refractivity contribution is -0.145. The van der Waals surface area contributed by atoms with Crippen LogP contribution in [0.15, 0.2) is 29.4 Å². The lowest BCUT2D eigenvalue weighted by Gasteiger charge is -2.31. The van der Waals surface area contributed by atoms with Crippen molar-refractivity contribution < 1.29 is 19.1 Å². The molecule has 0 aromatic heterocycles. The number of benzene rings is 1. The van der Waals surface area contributed by atoms with E-state index in [1.165, 1.54) is 0 Å². The largest absolute Gasteiger partial charge is 0.449 e. The maximum absolute atomic E-state index is 12.2. The Bertz CT molecular complexity index is 771. The van der Waals surface area contributed by atoms with Gasteiger partial charge in [0.2, 0.25) is 0 Å². The summed E-state index contributed by atoms with van der Waals surface area (Å²) >= 11 is 8.56.